The van der Waals surface area contributed by atoms with Gasteiger partial charge in [0, 0.05) is 5.92 Å². The van der Waals surface area contributed by atoms with Gasteiger partial charge in [0.15, 0.2) is 0 Å². The molecule has 1 amide bonds. The van der Waals surface area contributed by atoms with E-state index in [0.29, 0.717) is 15.7 Å². The largest absolute Gasteiger partial charge is 0.323 e. The van der Waals surface area contributed by atoms with Gasteiger partial charge in [-0.3, -0.25) is 4.79 Å². The zero-order valence-corrected chi connectivity index (χ0v) is 17.1. The quantitative estimate of drug-likeness (QED) is 0.585. The molecule has 1 fully saturated rings. The lowest BCUT2D eigenvalue weighted by atomic mass is 9.67. The molecule has 1 saturated carbocycles. The Morgan fingerprint density at radius 3 is 2.36 bits per heavy atom. The Kier molecular flexibility index (Phi) is 3.78. The summed E-state index contributed by atoms with van der Waals surface area (Å²) < 4.78 is 0. The van der Waals surface area contributed by atoms with Crippen LogP contribution >= 0.6 is 23.2 Å². The second kappa shape index (κ2) is 5.91. The van der Waals surface area contributed by atoms with Crippen molar-refractivity contribution in [3.8, 4) is 0 Å². The summed E-state index contributed by atoms with van der Waals surface area (Å²) in [6, 6.07) is 13.0. The van der Waals surface area contributed by atoms with Crippen molar-refractivity contribution in [1.29, 1.82) is 0 Å². The highest BCUT2D eigenvalue weighted by Gasteiger charge is 2.67. The number of nitrogens with zero attached hydrogens (tertiary/aromatic N) is 2. The molecule has 2 aromatic carbocycles. The van der Waals surface area contributed by atoms with E-state index in [1.54, 1.807) is 18.2 Å². The van der Waals surface area contributed by atoms with Crippen molar-refractivity contribution in [2.24, 2.45) is 5.41 Å². The first kappa shape index (κ1) is 17.9. The van der Waals surface area contributed by atoms with Gasteiger partial charge in [-0.2, -0.15) is 0 Å². The molecule has 5 rings (SSSR count). The molecular formula is C22H19Cl2N3O. The SMILES string of the molecule is CC1(C)C2CCC1(C(=O)Nc1c(Cl)cccc1Cl)c1nc3ccccc3nc12. The number of nitrogens with one attached hydrogen (secondary N) is 1. The molecule has 3 aromatic rings. The number of carbonyl (C=O) groups excluding carboxylic acids is 1. The molecule has 0 radical (unpaired) electrons. The van der Waals surface area contributed by atoms with Crippen LogP contribution < -0.4 is 5.32 Å². The van der Waals surface area contributed by atoms with Crippen LogP contribution in [0.1, 0.15) is 44.0 Å². The predicted molar refractivity (Wildman–Crippen MR) is 112 cm³/mol. The fourth-order valence-electron chi connectivity index (χ4n) is 5.17. The second-order valence-electron chi connectivity index (χ2n) is 8.22. The van der Waals surface area contributed by atoms with Crippen LogP contribution in [0.25, 0.3) is 11.0 Å². The van der Waals surface area contributed by atoms with Gasteiger partial charge < -0.3 is 5.32 Å². The van der Waals surface area contributed by atoms with Crippen molar-refractivity contribution >= 4 is 45.8 Å². The molecule has 4 nitrogen and oxygen atoms in total. The lowest BCUT2D eigenvalue weighted by Crippen LogP contribution is -2.46. The van der Waals surface area contributed by atoms with Crippen LogP contribution in [0.15, 0.2) is 42.5 Å². The van der Waals surface area contributed by atoms with E-state index in [2.05, 4.69) is 19.2 Å². The lowest BCUT2D eigenvalue weighted by molar-refractivity contribution is -0.124. The molecule has 2 aliphatic carbocycles. The smallest absolute Gasteiger partial charge is 0.237 e. The Morgan fingerprint density at radius 1 is 1.04 bits per heavy atom. The minimum absolute atomic E-state index is 0.113. The van der Waals surface area contributed by atoms with Crippen LogP contribution in [-0.2, 0) is 10.2 Å². The van der Waals surface area contributed by atoms with Crippen LogP contribution in [0.4, 0.5) is 5.69 Å². The molecule has 0 spiro atoms. The van der Waals surface area contributed by atoms with E-state index in [1.165, 1.54) is 0 Å². The topological polar surface area (TPSA) is 54.9 Å². The Hall–Kier alpha value is -2.17. The minimum atomic E-state index is -0.757. The van der Waals surface area contributed by atoms with Crippen molar-refractivity contribution < 1.29 is 4.79 Å². The Balaban J connectivity index is 1.68. The van der Waals surface area contributed by atoms with Crippen molar-refractivity contribution in [2.75, 3.05) is 5.32 Å². The summed E-state index contributed by atoms with van der Waals surface area (Å²) >= 11 is 12.6. The fourth-order valence-corrected chi connectivity index (χ4v) is 5.66. The highest BCUT2D eigenvalue weighted by molar-refractivity contribution is 6.39. The Labute approximate surface area is 173 Å². The third-order valence-corrected chi connectivity index (χ3v) is 7.33. The number of anilines is 1. The van der Waals surface area contributed by atoms with Crippen molar-refractivity contribution in [1.82, 2.24) is 9.97 Å². The molecule has 2 atom stereocenters. The predicted octanol–water partition coefficient (Wildman–Crippen LogP) is 5.73. The Morgan fingerprint density at radius 2 is 1.68 bits per heavy atom. The summed E-state index contributed by atoms with van der Waals surface area (Å²) in [6.07, 6.45) is 1.65. The molecule has 1 N–H and O–H groups in total. The van der Waals surface area contributed by atoms with Gasteiger partial charge >= 0.3 is 0 Å². The number of fused-ring (bicyclic) bond motifs is 6. The van der Waals surface area contributed by atoms with Crippen LogP contribution in [0.3, 0.4) is 0 Å². The van der Waals surface area contributed by atoms with Crippen molar-refractivity contribution in [3.63, 3.8) is 0 Å². The average molecular weight is 412 g/mol. The molecule has 6 heteroatoms. The number of para-hydroxylation sites is 3. The van der Waals surface area contributed by atoms with Gasteiger partial charge in [0.25, 0.3) is 0 Å². The highest BCUT2D eigenvalue weighted by atomic mass is 35.5. The van der Waals surface area contributed by atoms with Crippen LogP contribution in [0.2, 0.25) is 10.0 Å². The molecule has 2 bridgehead atoms. The minimum Gasteiger partial charge on any atom is -0.323 e. The summed E-state index contributed by atoms with van der Waals surface area (Å²) in [7, 11) is 0. The first-order valence-corrected chi connectivity index (χ1v) is 10.1. The Bertz CT molecular complexity index is 1120. The van der Waals surface area contributed by atoms with Gasteiger partial charge in [0.05, 0.1) is 43.6 Å². The number of rotatable bonds is 2. The molecule has 28 heavy (non-hydrogen) atoms. The van der Waals surface area contributed by atoms with E-state index in [4.69, 9.17) is 33.2 Å². The standard InChI is InChI=1S/C22H19Cl2N3O/c1-21(2)12-10-11-22(21,20(28)27-18-13(23)6-5-7-14(18)24)19-17(12)25-15-8-3-4-9-16(15)26-19/h3-9,12H,10-11H2,1-2H3,(H,27,28). The molecular weight excluding hydrogens is 393 g/mol. The van der Waals surface area contributed by atoms with E-state index in [-0.39, 0.29) is 17.2 Å². The van der Waals surface area contributed by atoms with Crippen molar-refractivity contribution in [3.05, 3.63) is 63.9 Å². The van der Waals surface area contributed by atoms with E-state index in [1.807, 2.05) is 24.3 Å². The highest BCUT2D eigenvalue weighted by Crippen LogP contribution is 2.67. The second-order valence-corrected chi connectivity index (χ2v) is 9.03. The maximum atomic E-state index is 13.7. The van der Waals surface area contributed by atoms with Crippen LogP contribution in [0, 0.1) is 5.41 Å². The first-order valence-electron chi connectivity index (χ1n) is 9.39. The number of hydrogen-bond donors (Lipinski definition) is 1. The molecule has 1 heterocycles. The molecule has 2 unspecified atom stereocenters. The van der Waals surface area contributed by atoms with Gasteiger partial charge in [0.1, 0.15) is 0 Å². The number of halogens is 2. The van der Waals surface area contributed by atoms with Crippen molar-refractivity contribution in [2.45, 2.75) is 38.0 Å². The molecule has 142 valence electrons. The van der Waals surface area contributed by atoms with E-state index < -0.39 is 5.41 Å². The normalized spacial score (nSPS) is 24.4. The number of amides is 1. The number of hydrogen-bond acceptors (Lipinski definition) is 3. The van der Waals surface area contributed by atoms with E-state index in [0.717, 1.165) is 35.3 Å². The van der Waals surface area contributed by atoms with Gasteiger partial charge in [0.2, 0.25) is 5.91 Å². The lowest BCUT2D eigenvalue weighted by Gasteiger charge is -2.36. The number of carbonyl (C=O) groups is 1. The summed E-state index contributed by atoms with van der Waals surface area (Å²) in [5.74, 6) is 0.0883. The van der Waals surface area contributed by atoms with Crippen LogP contribution in [-0.4, -0.2) is 15.9 Å². The number of aromatic nitrogens is 2. The van der Waals surface area contributed by atoms with Gasteiger partial charge in [-0.05, 0) is 42.5 Å². The van der Waals surface area contributed by atoms with E-state index in [9.17, 15) is 4.79 Å². The zero-order chi connectivity index (χ0) is 19.7. The maximum absolute atomic E-state index is 13.7. The molecule has 1 aromatic heterocycles. The van der Waals surface area contributed by atoms with Gasteiger partial charge in [-0.15, -0.1) is 0 Å². The van der Waals surface area contributed by atoms with Gasteiger partial charge in [-0.25, -0.2) is 9.97 Å². The van der Waals surface area contributed by atoms with Crippen LogP contribution in [0.5, 0.6) is 0 Å². The average Bonchev–Trinajstić information content (AvgIpc) is 3.04. The van der Waals surface area contributed by atoms with E-state index >= 15 is 0 Å². The summed E-state index contributed by atoms with van der Waals surface area (Å²) in [5.41, 5.74) is 2.83. The summed E-state index contributed by atoms with van der Waals surface area (Å²) in [5, 5.41) is 3.86. The maximum Gasteiger partial charge on any atom is 0.237 e. The monoisotopic (exact) mass is 411 g/mol. The summed E-state index contributed by atoms with van der Waals surface area (Å²) in [4.78, 5) is 23.6. The third-order valence-electron chi connectivity index (χ3n) is 6.70. The number of benzene rings is 2. The molecule has 0 saturated heterocycles. The molecule has 0 aliphatic heterocycles. The third kappa shape index (κ3) is 2.16. The summed E-state index contributed by atoms with van der Waals surface area (Å²) in [6.45, 7) is 4.29. The fraction of sp³-hybridized carbons (Fsp3) is 0.318. The zero-order valence-electron chi connectivity index (χ0n) is 15.6. The first-order chi connectivity index (χ1) is 13.4. The molecule has 2 aliphatic rings. The van der Waals surface area contributed by atoms with Gasteiger partial charge in [-0.1, -0.05) is 55.2 Å².